The maximum atomic E-state index is 13.2. The van der Waals surface area contributed by atoms with Crippen molar-refractivity contribution in [2.45, 2.75) is 10.6 Å². The van der Waals surface area contributed by atoms with Crippen molar-refractivity contribution in [3.63, 3.8) is 0 Å². The maximum absolute atomic E-state index is 13.2. The third-order valence-corrected chi connectivity index (χ3v) is 4.32. The molecule has 0 heterocycles. The second-order valence-corrected chi connectivity index (χ2v) is 5.71. The summed E-state index contributed by atoms with van der Waals surface area (Å²) >= 11 is 1.48. The van der Waals surface area contributed by atoms with Crippen LogP contribution in [0.15, 0.2) is 59.5 Å². The number of phenols is 1. The largest absolute Gasteiger partial charge is 0.507 e. The van der Waals surface area contributed by atoms with Crippen LogP contribution in [0.4, 0.5) is 8.78 Å². The average molecular weight is 302 g/mol. The molecule has 0 unspecified atom stereocenters. The fourth-order valence-electron chi connectivity index (χ4n) is 2.24. The Labute approximate surface area is 125 Å². The van der Waals surface area contributed by atoms with Crippen molar-refractivity contribution < 1.29 is 13.9 Å². The number of hydrogen-bond donors (Lipinski definition) is 1. The molecule has 0 aliphatic rings. The highest BCUT2D eigenvalue weighted by atomic mass is 32.2. The molecule has 3 aromatic rings. The fourth-order valence-corrected chi connectivity index (χ4v) is 3.22. The standard InChI is InChI=1S/C17H12F2OS/c18-12-7-11(8-13(19)9-12)10-21-17-6-5-16(20)14-3-1-2-4-15(14)17/h1-9,20H,10H2. The smallest absolute Gasteiger partial charge is 0.126 e. The summed E-state index contributed by atoms with van der Waals surface area (Å²) in [6.45, 7) is 0. The van der Waals surface area contributed by atoms with E-state index in [9.17, 15) is 13.9 Å². The first-order valence-corrected chi connectivity index (χ1v) is 7.40. The lowest BCUT2D eigenvalue weighted by Crippen LogP contribution is -1.87. The number of thioether (sulfide) groups is 1. The Morgan fingerprint density at radius 2 is 1.52 bits per heavy atom. The first-order chi connectivity index (χ1) is 10.1. The minimum absolute atomic E-state index is 0.228. The van der Waals surface area contributed by atoms with Crippen molar-refractivity contribution in [3.05, 3.63) is 71.8 Å². The van der Waals surface area contributed by atoms with Gasteiger partial charge in [-0.1, -0.05) is 24.3 Å². The van der Waals surface area contributed by atoms with Crippen molar-refractivity contribution in [1.29, 1.82) is 0 Å². The molecule has 0 aliphatic heterocycles. The molecule has 3 aromatic carbocycles. The van der Waals surface area contributed by atoms with Crippen LogP contribution >= 0.6 is 11.8 Å². The monoisotopic (exact) mass is 302 g/mol. The molecular formula is C17H12F2OS. The predicted molar refractivity (Wildman–Crippen MR) is 81.5 cm³/mol. The molecule has 0 amide bonds. The van der Waals surface area contributed by atoms with Crippen molar-refractivity contribution in [1.82, 2.24) is 0 Å². The van der Waals surface area contributed by atoms with E-state index in [4.69, 9.17) is 0 Å². The normalized spacial score (nSPS) is 11.0. The van der Waals surface area contributed by atoms with E-state index in [0.29, 0.717) is 11.3 Å². The van der Waals surface area contributed by atoms with Gasteiger partial charge in [0.2, 0.25) is 0 Å². The van der Waals surface area contributed by atoms with Gasteiger partial charge in [-0.25, -0.2) is 8.78 Å². The maximum Gasteiger partial charge on any atom is 0.126 e. The molecule has 3 rings (SSSR count). The van der Waals surface area contributed by atoms with Gasteiger partial charge in [0.15, 0.2) is 0 Å². The third-order valence-electron chi connectivity index (χ3n) is 3.18. The highest BCUT2D eigenvalue weighted by molar-refractivity contribution is 7.98. The summed E-state index contributed by atoms with van der Waals surface area (Å²) in [5.41, 5.74) is 0.592. The van der Waals surface area contributed by atoms with Crippen LogP contribution in [0.1, 0.15) is 5.56 Å². The number of hydrogen-bond acceptors (Lipinski definition) is 2. The number of rotatable bonds is 3. The Bertz CT molecular complexity index is 782. The van der Waals surface area contributed by atoms with Crippen LogP contribution in [-0.2, 0) is 5.75 Å². The van der Waals surface area contributed by atoms with E-state index in [1.165, 1.54) is 23.9 Å². The molecule has 0 saturated heterocycles. The number of halogens is 2. The van der Waals surface area contributed by atoms with Crippen LogP contribution in [0, 0.1) is 11.6 Å². The summed E-state index contributed by atoms with van der Waals surface area (Å²) in [4.78, 5) is 0.966. The minimum Gasteiger partial charge on any atom is -0.507 e. The molecule has 0 bridgehead atoms. The Kier molecular flexibility index (Phi) is 3.80. The molecular weight excluding hydrogens is 290 g/mol. The summed E-state index contributed by atoms with van der Waals surface area (Å²) in [5.74, 6) is -0.447. The fraction of sp³-hybridized carbons (Fsp3) is 0.0588. The van der Waals surface area contributed by atoms with Crippen LogP contribution in [0.3, 0.4) is 0 Å². The second kappa shape index (κ2) is 5.74. The lowest BCUT2D eigenvalue weighted by molar-refractivity contribution is 0.481. The van der Waals surface area contributed by atoms with E-state index in [2.05, 4.69) is 0 Å². The lowest BCUT2D eigenvalue weighted by Gasteiger charge is -2.08. The van der Waals surface area contributed by atoms with Gasteiger partial charge in [-0.2, -0.15) is 0 Å². The summed E-state index contributed by atoms with van der Waals surface area (Å²) in [7, 11) is 0. The Balaban J connectivity index is 1.90. The van der Waals surface area contributed by atoms with Crippen molar-refractivity contribution >= 4 is 22.5 Å². The highest BCUT2D eigenvalue weighted by Gasteiger charge is 2.07. The van der Waals surface area contributed by atoms with Gasteiger partial charge in [0, 0.05) is 22.1 Å². The van der Waals surface area contributed by atoms with Crippen LogP contribution in [0.2, 0.25) is 0 Å². The van der Waals surface area contributed by atoms with E-state index in [1.54, 1.807) is 6.07 Å². The number of fused-ring (bicyclic) bond motifs is 1. The molecule has 0 atom stereocenters. The van der Waals surface area contributed by atoms with E-state index in [-0.39, 0.29) is 5.75 Å². The average Bonchev–Trinajstić information content (AvgIpc) is 2.46. The van der Waals surface area contributed by atoms with E-state index >= 15 is 0 Å². The molecule has 0 fully saturated rings. The van der Waals surface area contributed by atoms with Crippen molar-refractivity contribution in [3.8, 4) is 5.75 Å². The Hall–Kier alpha value is -2.07. The van der Waals surface area contributed by atoms with Gasteiger partial charge in [-0.05, 0) is 35.2 Å². The van der Waals surface area contributed by atoms with E-state index in [0.717, 1.165) is 21.7 Å². The minimum atomic E-state index is -0.568. The van der Waals surface area contributed by atoms with Gasteiger partial charge < -0.3 is 5.11 Å². The summed E-state index contributed by atoms with van der Waals surface area (Å²) < 4.78 is 26.4. The molecule has 0 aliphatic carbocycles. The highest BCUT2D eigenvalue weighted by Crippen LogP contribution is 2.34. The number of benzene rings is 3. The van der Waals surface area contributed by atoms with Crippen molar-refractivity contribution in [2.24, 2.45) is 0 Å². The SMILES string of the molecule is Oc1ccc(SCc2cc(F)cc(F)c2)c2ccccc12. The van der Waals surface area contributed by atoms with Crippen LogP contribution < -0.4 is 0 Å². The van der Waals surface area contributed by atoms with Crippen LogP contribution in [0.25, 0.3) is 10.8 Å². The molecule has 0 saturated carbocycles. The summed E-state index contributed by atoms with van der Waals surface area (Å²) in [5, 5.41) is 11.5. The van der Waals surface area contributed by atoms with Crippen LogP contribution in [-0.4, -0.2) is 5.11 Å². The van der Waals surface area contributed by atoms with Gasteiger partial charge in [-0.15, -0.1) is 11.8 Å². The molecule has 1 nitrogen and oxygen atoms in total. The van der Waals surface area contributed by atoms with Gasteiger partial charge in [0.25, 0.3) is 0 Å². The first-order valence-electron chi connectivity index (χ1n) is 6.42. The van der Waals surface area contributed by atoms with E-state index in [1.807, 2.05) is 30.3 Å². The zero-order chi connectivity index (χ0) is 14.8. The van der Waals surface area contributed by atoms with Gasteiger partial charge in [0.1, 0.15) is 17.4 Å². The summed E-state index contributed by atoms with van der Waals surface area (Å²) in [6, 6.07) is 14.5. The number of aromatic hydroxyl groups is 1. The number of phenolic OH excluding ortho intramolecular Hbond substituents is 1. The quantitative estimate of drug-likeness (QED) is 0.678. The molecule has 106 valence electrons. The van der Waals surface area contributed by atoms with Crippen molar-refractivity contribution in [2.75, 3.05) is 0 Å². The Morgan fingerprint density at radius 1 is 0.857 bits per heavy atom. The molecule has 1 N–H and O–H groups in total. The molecule has 21 heavy (non-hydrogen) atoms. The third kappa shape index (κ3) is 3.00. The van der Waals surface area contributed by atoms with Gasteiger partial charge in [0.05, 0.1) is 0 Å². The van der Waals surface area contributed by atoms with Gasteiger partial charge in [-0.3, -0.25) is 0 Å². The lowest BCUT2D eigenvalue weighted by atomic mass is 10.1. The molecule has 0 spiro atoms. The zero-order valence-electron chi connectivity index (χ0n) is 11.0. The molecule has 0 aromatic heterocycles. The molecule has 4 heteroatoms. The Morgan fingerprint density at radius 3 is 2.24 bits per heavy atom. The zero-order valence-corrected chi connectivity index (χ0v) is 11.8. The summed E-state index contributed by atoms with van der Waals surface area (Å²) in [6.07, 6.45) is 0. The second-order valence-electron chi connectivity index (χ2n) is 4.69. The molecule has 0 radical (unpaired) electrons. The first kappa shape index (κ1) is 13.9. The van der Waals surface area contributed by atoms with Crippen LogP contribution in [0.5, 0.6) is 5.75 Å². The topological polar surface area (TPSA) is 20.2 Å². The predicted octanol–water partition coefficient (Wildman–Crippen LogP) is 5.12. The van der Waals surface area contributed by atoms with E-state index < -0.39 is 11.6 Å². The van der Waals surface area contributed by atoms with Gasteiger partial charge >= 0.3 is 0 Å².